The van der Waals surface area contributed by atoms with Gasteiger partial charge in [-0.3, -0.25) is 4.79 Å². The third-order valence-corrected chi connectivity index (χ3v) is 6.10. The molecule has 0 saturated carbocycles. The van der Waals surface area contributed by atoms with Gasteiger partial charge >= 0.3 is 0 Å². The summed E-state index contributed by atoms with van der Waals surface area (Å²) in [7, 11) is 8.05. The number of ketones is 1. The molecule has 4 aromatic carbocycles. The van der Waals surface area contributed by atoms with Gasteiger partial charge in [0.1, 0.15) is 0 Å². The van der Waals surface area contributed by atoms with E-state index in [1.54, 1.807) is 0 Å². The van der Waals surface area contributed by atoms with Gasteiger partial charge in [-0.25, -0.2) is 0 Å². The number of Topliss-reactive ketones (excluding diaryl/α,β-unsaturated/α-hetero) is 1. The highest BCUT2D eigenvalue weighted by atomic mass is 16.1. The predicted octanol–water partition coefficient (Wildman–Crippen LogP) is 7.17. The molecule has 4 aromatic rings. The zero-order chi connectivity index (χ0) is 25.5. The number of hydrogen-bond acceptors (Lipinski definition) is 3. The largest absolute Gasteiger partial charge is 0.378 e. The fraction of sp³-hybridized carbons (Fsp3) is 0.121. The molecule has 180 valence electrons. The van der Waals surface area contributed by atoms with Crippen LogP contribution < -0.4 is 9.80 Å². The van der Waals surface area contributed by atoms with Crippen molar-refractivity contribution in [1.82, 2.24) is 0 Å². The molecule has 0 aliphatic heterocycles. The number of carbonyl (C=O) groups is 1. The molecular weight excluding hydrogens is 440 g/mol. The third-order valence-electron chi connectivity index (χ3n) is 6.10. The number of allylic oxidation sites excluding steroid dienone is 2. The average molecular weight is 473 g/mol. The van der Waals surface area contributed by atoms with Crippen molar-refractivity contribution in [2.24, 2.45) is 0 Å². The van der Waals surface area contributed by atoms with E-state index in [0.29, 0.717) is 11.1 Å². The molecule has 0 bridgehead atoms. The fourth-order valence-corrected chi connectivity index (χ4v) is 4.02. The van der Waals surface area contributed by atoms with Crippen molar-refractivity contribution in [1.29, 1.82) is 0 Å². The lowest BCUT2D eigenvalue weighted by Crippen LogP contribution is -2.10. The maximum absolute atomic E-state index is 14.3. The van der Waals surface area contributed by atoms with Gasteiger partial charge in [-0.1, -0.05) is 84.9 Å². The summed E-state index contributed by atoms with van der Waals surface area (Å²) in [5.74, 6) is -0.0158. The van der Waals surface area contributed by atoms with Crippen LogP contribution in [0.25, 0.3) is 23.3 Å². The van der Waals surface area contributed by atoms with E-state index >= 15 is 0 Å². The van der Waals surface area contributed by atoms with Crippen LogP contribution >= 0.6 is 0 Å². The van der Waals surface area contributed by atoms with E-state index in [4.69, 9.17) is 0 Å². The Morgan fingerprint density at radius 2 is 0.833 bits per heavy atom. The minimum absolute atomic E-state index is 0.0158. The second kappa shape index (κ2) is 11.4. The minimum atomic E-state index is -0.0158. The predicted molar refractivity (Wildman–Crippen MR) is 155 cm³/mol. The van der Waals surface area contributed by atoms with Crippen LogP contribution in [0.2, 0.25) is 0 Å². The lowest BCUT2D eigenvalue weighted by atomic mass is 9.89. The van der Waals surface area contributed by atoms with Crippen molar-refractivity contribution >= 4 is 40.5 Å². The summed E-state index contributed by atoms with van der Waals surface area (Å²) in [5, 5.41) is 0. The van der Waals surface area contributed by atoms with Crippen molar-refractivity contribution < 1.29 is 4.79 Å². The molecule has 4 rings (SSSR count). The van der Waals surface area contributed by atoms with Gasteiger partial charge < -0.3 is 9.80 Å². The van der Waals surface area contributed by atoms with Crippen LogP contribution in [0.4, 0.5) is 11.4 Å². The summed E-state index contributed by atoms with van der Waals surface area (Å²) < 4.78 is 0. The lowest BCUT2D eigenvalue weighted by molar-refractivity contribution is -0.108. The second-order valence-electron chi connectivity index (χ2n) is 9.15. The lowest BCUT2D eigenvalue weighted by Gasteiger charge is -2.16. The highest BCUT2D eigenvalue weighted by Crippen LogP contribution is 2.31. The van der Waals surface area contributed by atoms with E-state index in [-0.39, 0.29) is 5.78 Å². The quantitative estimate of drug-likeness (QED) is 0.201. The van der Waals surface area contributed by atoms with Gasteiger partial charge in [-0.05, 0) is 58.7 Å². The normalized spacial score (nSPS) is 11.8. The first kappa shape index (κ1) is 24.7. The van der Waals surface area contributed by atoms with Crippen molar-refractivity contribution in [2.45, 2.75) is 0 Å². The average Bonchev–Trinajstić information content (AvgIpc) is 2.91. The smallest absolute Gasteiger partial charge is 0.194 e. The number of benzene rings is 4. The van der Waals surface area contributed by atoms with E-state index in [0.717, 1.165) is 33.6 Å². The van der Waals surface area contributed by atoms with Crippen molar-refractivity contribution in [2.75, 3.05) is 38.0 Å². The summed E-state index contributed by atoms with van der Waals surface area (Å²) in [6, 6.07) is 36.3. The first-order valence-electron chi connectivity index (χ1n) is 12.1. The summed E-state index contributed by atoms with van der Waals surface area (Å²) >= 11 is 0. The molecule has 0 aliphatic carbocycles. The monoisotopic (exact) mass is 472 g/mol. The van der Waals surface area contributed by atoms with Gasteiger partial charge in [-0.15, -0.1) is 0 Å². The van der Waals surface area contributed by atoms with E-state index in [1.165, 1.54) is 0 Å². The van der Waals surface area contributed by atoms with Crippen LogP contribution in [-0.4, -0.2) is 34.0 Å². The molecule has 0 atom stereocenters. The molecule has 0 radical (unpaired) electrons. The van der Waals surface area contributed by atoms with E-state index in [1.807, 2.05) is 150 Å². The zero-order valence-electron chi connectivity index (χ0n) is 21.3. The first-order valence-corrected chi connectivity index (χ1v) is 12.1. The molecule has 0 saturated heterocycles. The van der Waals surface area contributed by atoms with Gasteiger partial charge in [0.25, 0.3) is 0 Å². The first-order chi connectivity index (χ1) is 17.4. The summed E-state index contributed by atoms with van der Waals surface area (Å²) in [5.41, 5.74) is 7.24. The van der Waals surface area contributed by atoms with Gasteiger partial charge in [0.05, 0.1) is 0 Å². The highest BCUT2D eigenvalue weighted by Gasteiger charge is 2.19. The SMILES string of the molecule is CN(C)c1ccc(C(=Cc2ccccc2)C(=O)C(=Cc2ccccc2)c2ccc(N(C)C)cc2)cc1. The third kappa shape index (κ3) is 6.00. The molecule has 0 aromatic heterocycles. The Morgan fingerprint density at radius 3 is 1.14 bits per heavy atom. The maximum atomic E-state index is 14.3. The molecule has 0 N–H and O–H groups in total. The van der Waals surface area contributed by atoms with Gasteiger partial charge in [-0.2, -0.15) is 0 Å². The number of rotatable bonds is 8. The van der Waals surface area contributed by atoms with Gasteiger partial charge in [0.2, 0.25) is 0 Å². The molecule has 0 heterocycles. The summed E-state index contributed by atoms with van der Waals surface area (Å²) in [6.45, 7) is 0. The Bertz CT molecular complexity index is 1240. The van der Waals surface area contributed by atoms with E-state index < -0.39 is 0 Å². The molecule has 0 fully saturated rings. The second-order valence-corrected chi connectivity index (χ2v) is 9.15. The van der Waals surface area contributed by atoms with Crippen LogP contribution in [0.1, 0.15) is 22.3 Å². The molecule has 0 amide bonds. The number of nitrogens with zero attached hydrogens (tertiary/aromatic N) is 2. The number of carbonyl (C=O) groups excluding carboxylic acids is 1. The van der Waals surface area contributed by atoms with Crippen molar-refractivity contribution in [3.63, 3.8) is 0 Å². The summed E-state index contributed by atoms with van der Waals surface area (Å²) in [6.07, 6.45) is 3.97. The van der Waals surface area contributed by atoms with Crippen LogP contribution in [0.3, 0.4) is 0 Å². The zero-order valence-corrected chi connectivity index (χ0v) is 21.3. The Kier molecular flexibility index (Phi) is 7.82. The van der Waals surface area contributed by atoms with Crippen LogP contribution in [0, 0.1) is 0 Å². The van der Waals surface area contributed by atoms with Crippen LogP contribution in [0.5, 0.6) is 0 Å². The highest BCUT2D eigenvalue weighted by molar-refractivity contribution is 6.46. The molecule has 0 aliphatic rings. The fourth-order valence-electron chi connectivity index (χ4n) is 4.02. The van der Waals surface area contributed by atoms with Gasteiger partial charge in [0, 0.05) is 50.7 Å². The molecule has 36 heavy (non-hydrogen) atoms. The van der Waals surface area contributed by atoms with Gasteiger partial charge in [0.15, 0.2) is 5.78 Å². The Morgan fingerprint density at radius 1 is 0.500 bits per heavy atom. The van der Waals surface area contributed by atoms with Crippen molar-refractivity contribution in [3.8, 4) is 0 Å². The van der Waals surface area contributed by atoms with E-state index in [2.05, 4.69) is 9.80 Å². The molecule has 3 nitrogen and oxygen atoms in total. The Labute approximate surface area is 214 Å². The van der Waals surface area contributed by atoms with Crippen molar-refractivity contribution in [3.05, 3.63) is 131 Å². The number of hydrogen-bond donors (Lipinski definition) is 0. The molecular formula is C33H32N2O. The number of anilines is 2. The minimum Gasteiger partial charge on any atom is -0.378 e. The standard InChI is InChI=1S/C33H32N2O/c1-34(2)29-19-15-27(16-20-29)31(23-25-11-7-5-8-12-25)33(36)32(24-26-13-9-6-10-14-26)28-17-21-30(22-18-28)35(3)4/h5-24H,1-4H3. The Balaban J connectivity index is 1.86. The summed E-state index contributed by atoms with van der Waals surface area (Å²) in [4.78, 5) is 18.4. The Hall–Kier alpha value is -4.37. The maximum Gasteiger partial charge on any atom is 0.194 e. The van der Waals surface area contributed by atoms with E-state index in [9.17, 15) is 4.79 Å². The topological polar surface area (TPSA) is 23.6 Å². The van der Waals surface area contributed by atoms with Crippen LogP contribution in [0.15, 0.2) is 109 Å². The van der Waals surface area contributed by atoms with Crippen LogP contribution in [-0.2, 0) is 4.79 Å². The molecule has 3 heteroatoms. The molecule has 0 unspecified atom stereocenters. The molecule has 0 spiro atoms.